The summed E-state index contributed by atoms with van der Waals surface area (Å²) in [5.41, 5.74) is 0. The van der Waals surface area contributed by atoms with Gasteiger partial charge in [-0.3, -0.25) is 9.59 Å². The molecule has 4 heteroatoms. The largest absolute Gasteiger partial charge is 0.466 e. The highest BCUT2D eigenvalue weighted by Crippen LogP contribution is 2.10. The van der Waals surface area contributed by atoms with Crippen LogP contribution in [-0.2, 0) is 19.1 Å². The summed E-state index contributed by atoms with van der Waals surface area (Å²) >= 11 is 0. The molecule has 0 rings (SSSR count). The molecule has 0 saturated heterocycles. The standard InChI is InChI=1S/C16H30O4/c1-4-6-8-12-19-15(17)11-10-14(3)16(18)20-13-9-7-5-2/h14H,4-13H2,1-3H3. The molecule has 20 heavy (non-hydrogen) atoms. The first-order chi connectivity index (χ1) is 9.61. The second-order valence-electron chi connectivity index (χ2n) is 5.24. The van der Waals surface area contributed by atoms with Crippen molar-refractivity contribution in [2.75, 3.05) is 13.2 Å². The molecule has 1 atom stereocenters. The van der Waals surface area contributed by atoms with Crippen LogP contribution in [0.15, 0.2) is 0 Å². The van der Waals surface area contributed by atoms with E-state index in [-0.39, 0.29) is 24.3 Å². The van der Waals surface area contributed by atoms with Crippen molar-refractivity contribution < 1.29 is 19.1 Å². The zero-order valence-electron chi connectivity index (χ0n) is 13.3. The highest BCUT2D eigenvalue weighted by molar-refractivity contribution is 5.74. The van der Waals surface area contributed by atoms with Gasteiger partial charge in [0.05, 0.1) is 19.1 Å². The summed E-state index contributed by atoms with van der Waals surface area (Å²) in [5, 5.41) is 0. The van der Waals surface area contributed by atoms with Crippen LogP contribution in [0, 0.1) is 5.92 Å². The first kappa shape index (κ1) is 18.9. The first-order valence-corrected chi connectivity index (χ1v) is 7.94. The molecule has 0 aromatic carbocycles. The lowest BCUT2D eigenvalue weighted by atomic mass is 10.1. The number of rotatable bonds is 12. The third-order valence-electron chi connectivity index (χ3n) is 3.19. The number of hydrogen-bond acceptors (Lipinski definition) is 4. The van der Waals surface area contributed by atoms with Crippen LogP contribution < -0.4 is 0 Å². The van der Waals surface area contributed by atoms with E-state index >= 15 is 0 Å². The summed E-state index contributed by atoms with van der Waals surface area (Å²) in [6.07, 6.45) is 6.98. The van der Waals surface area contributed by atoms with Gasteiger partial charge in [-0.2, -0.15) is 0 Å². The molecule has 1 unspecified atom stereocenters. The van der Waals surface area contributed by atoms with Crippen LogP contribution in [0.5, 0.6) is 0 Å². The zero-order chi connectivity index (χ0) is 15.2. The maximum atomic E-state index is 11.6. The Morgan fingerprint density at radius 3 is 2.00 bits per heavy atom. The molecule has 0 bridgehead atoms. The predicted octanol–water partition coefficient (Wildman–Crippen LogP) is 3.87. The Kier molecular flexibility index (Phi) is 12.3. The zero-order valence-corrected chi connectivity index (χ0v) is 13.3. The van der Waals surface area contributed by atoms with E-state index < -0.39 is 0 Å². The third kappa shape index (κ3) is 10.8. The Morgan fingerprint density at radius 2 is 1.45 bits per heavy atom. The normalized spacial score (nSPS) is 11.9. The molecule has 0 saturated carbocycles. The van der Waals surface area contributed by atoms with Gasteiger partial charge in [0.15, 0.2) is 0 Å². The molecule has 0 N–H and O–H groups in total. The summed E-state index contributed by atoms with van der Waals surface area (Å²) in [6, 6.07) is 0. The van der Waals surface area contributed by atoms with Crippen LogP contribution >= 0.6 is 0 Å². The van der Waals surface area contributed by atoms with E-state index in [0.29, 0.717) is 19.6 Å². The smallest absolute Gasteiger partial charge is 0.308 e. The molecule has 0 aromatic heterocycles. The molecule has 0 radical (unpaired) electrons. The molecule has 118 valence electrons. The molecule has 0 spiro atoms. The van der Waals surface area contributed by atoms with Gasteiger partial charge in [0.2, 0.25) is 0 Å². The van der Waals surface area contributed by atoms with Crippen LogP contribution in [0.4, 0.5) is 0 Å². The molecular formula is C16H30O4. The van der Waals surface area contributed by atoms with E-state index in [1.165, 1.54) is 0 Å². The fraction of sp³-hybridized carbons (Fsp3) is 0.875. The van der Waals surface area contributed by atoms with E-state index in [9.17, 15) is 9.59 Å². The maximum absolute atomic E-state index is 11.6. The fourth-order valence-electron chi connectivity index (χ4n) is 1.73. The number of carbonyl (C=O) groups excluding carboxylic acids is 2. The van der Waals surface area contributed by atoms with Crippen molar-refractivity contribution in [3.05, 3.63) is 0 Å². The van der Waals surface area contributed by atoms with Crippen LogP contribution in [0.1, 0.15) is 72.1 Å². The molecule has 0 aliphatic carbocycles. The Morgan fingerprint density at radius 1 is 0.900 bits per heavy atom. The van der Waals surface area contributed by atoms with E-state index in [1.807, 2.05) is 0 Å². The van der Waals surface area contributed by atoms with E-state index in [1.54, 1.807) is 6.92 Å². The van der Waals surface area contributed by atoms with Crippen molar-refractivity contribution in [1.82, 2.24) is 0 Å². The SMILES string of the molecule is CCCCCOC(=O)CCC(C)C(=O)OCCCCC. The quantitative estimate of drug-likeness (QED) is 0.404. The van der Waals surface area contributed by atoms with Crippen molar-refractivity contribution in [2.24, 2.45) is 5.92 Å². The van der Waals surface area contributed by atoms with Gasteiger partial charge in [-0.1, -0.05) is 46.5 Å². The van der Waals surface area contributed by atoms with Gasteiger partial charge in [0.1, 0.15) is 0 Å². The lowest BCUT2D eigenvalue weighted by Crippen LogP contribution is -2.17. The van der Waals surface area contributed by atoms with Crippen LogP contribution in [0.3, 0.4) is 0 Å². The molecule has 0 aromatic rings. The predicted molar refractivity (Wildman–Crippen MR) is 79.4 cm³/mol. The van der Waals surface area contributed by atoms with Crippen LogP contribution in [0.2, 0.25) is 0 Å². The molecule has 0 aliphatic heterocycles. The third-order valence-corrected chi connectivity index (χ3v) is 3.19. The summed E-state index contributed by atoms with van der Waals surface area (Å²) in [4.78, 5) is 23.1. The summed E-state index contributed by atoms with van der Waals surface area (Å²) in [7, 11) is 0. The van der Waals surface area contributed by atoms with Crippen molar-refractivity contribution in [3.63, 3.8) is 0 Å². The van der Waals surface area contributed by atoms with Gasteiger partial charge in [-0.05, 0) is 19.3 Å². The lowest BCUT2D eigenvalue weighted by molar-refractivity contribution is -0.149. The van der Waals surface area contributed by atoms with Gasteiger partial charge in [0, 0.05) is 6.42 Å². The molecular weight excluding hydrogens is 256 g/mol. The minimum Gasteiger partial charge on any atom is -0.466 e. The summed E-state index contributed by atoms with van der Waals surface area (Å²) in [5.74, 6) is -0.661. The Hall–Kier alpha value is -1.06. The number of esters is 2. The molecule has 0 amide bonds. The van der Waals surface area contributed by atoms with E-state index in [0.717, 1.165) is 38.5 Å². The average molecular weight is 286 g/mol. The Balaban J connectivity index is 3.61. The molecule has 0 aliphatic rings. The van der Waals surface area contributed by atoms with Gasteiger partial charge in [0.25, 0.3) is 0 Å². The summed E-state index contributed by atoms with van der Waals surface area (Å²) in [6.45, 7) is 6.99. The molecule has 0 heterocycles. The maximum Gasteiger partial charge on any atom is 0.308 e. The van der Waals surface area contributed by atoms with Crippen LogP contribution in [0.25, 0.3) is 0 Å². The van der Waals surface area contributed by atoms with E-state index in [2.05, 4.69) is 13.8 Å². The minimum absolute atomic E-state index is 0.208. The molecule has 4 nitrogen and oxygen atoms in total. The summed E-state index contributed by atoms with van der Waals surface area (Å²) < 4.78 is 10.3. The highest BCUT2D eigenvalue weighted by atomic mass is 16.5. The monoisotopic (exact) mass is 286 g/mol. The second-order valence-corrected chi connectivity index (χ2v) is 5.24. The number of ether oxygens (including phenoxy) is 2. The topological polar surface area (TPSA) is 52.6 Å². The van der Waals surface area contributed by atoms with Gasteiger partial charge >= 0.3 is 11.9 Å². The number of carbonyl (C=O) groups is 2. The lowest BCUT2D eigenvalue weighted by Gasteiger charge is -2.11. The molecule has 0 fully saturated rings. The van der Waals surface area contributed by atoms with Gasteiger partial charge in [-0.25, -0.2) is 0 Å². The second kappa shape index (κ2) is 12.9. The fourth-order valence-corrected chi connectivity index (χ4v) is 1.73. The number of hydrogen-bond donors (Lipinski definition) is 0. The number of unbranched alkanes of at least 4 members (excludes halogenated alkanes) is 4. The van der Waals surface area contributed by atoms with Crippen molar-refractivity contribution >= 4 is 11.9 Å². The van der Waals surface area contributed by atoms with Crippen molar-refractivity contribution in [1.29, 1.82) is 0 Å². The Labute approximate surface area is 123 Å². The van der Waals surface area contributed by atoms with Crippen LogP contribution in [-0.4, -0.2) is 25.2 Å². The Bertz CT molecular complexity index is 263. The van der Waals surface area contributed by atoms with Gasteiger partial charge < -0.3 is 9.47 Å². The highest BCUT2D eigenvalue weighted by Gasteiger charge is 2.16. The van der Waals surface area contributed by atoms with Crippen molar-refractivity contribution in [3.8, 4) is 0 Å². The van der Waals surface area contributed by atoms with E-state index in [4.69, 9.17) is 9.47 Å². The average Bonchev–Trinajstić information content (AvgIpc) is 2.45. The first-order valence-electron chi connectivity index (χ1n) is 7.94. The van der Waals surface area contributed by atoms with Gasteiger partial charge in [-0.15, -0.1) is 0 Å². The van der Waals surface area contributed by atoms with Crippen molar-refractivity contribution in [2.45, 2.75) is 72.1 Å². The minimum atomic E-state index is -0.236.